The van der Waals surface area contributed by atoms with Crippen molar-refractivity contribution in [2.75, 3.05) is 17.7 Å². The maximum Gasteiger partial charge on any atom is 0.239 e. The fourth-order valence-corrected chi connectivity index (χ4v) is 1.70. The highest BCUT2D eigenvalue weighted by atomic mass is 16.5. The zero-order chi connectivity index (χ0) is 11.5. The Morgan fingerprint density at radius 2 is 2.31 bits per heavy atom. The van der Waals surface area contributed by atoms with Gasteiger partial charge in [0.1, 0.15) is 5.82 Å². The second kappa shape index (κ2) is 4.57. The molecular weight excluding hydrogens is 206 g/mol. The fourth-order valence-electron chi connectivity index (χ4n) is 1.70. The van der Waals surface area contributed by atoms with Crippen molar-refractivity contribution in [2.45, 2.75) is 31.9 Å². The van der Waals surface area contributed by atoms with E-state index in [1.807, 2.05) is 13.0 Å². The topological polar surface area (TPSA) is 80.4 Å². The maximum atomic E-state index is 9.17. The van der Waals surface area contributed by atoms with Gasteiger partial charge in [0.2, 0.25) is 5.88 Å². The van der Waals surface area contributed by atoms with Crippen molar-refractivity contribution in [1.82, 2.24) is 4.98 Å². The van der Waals surface area contributed by atoms with Gasteiger partial charge in [-0.2, -0.15) is 4.98 Å². The largest absolute Gasteiger partial charge is 0.476 e. The number of nitrogens with one attached hydrogen (secondary N) is 1. The molecule has 5 heteroatoms. The Kier molecular flexibility index (Phi) is 3.14. The predicted octanol–water partition coefficient (Wildman–Crippen LogP) is 0.998. The van der Waals surface area contributed by atoms with E-state index < -0.39 is 0 Å². The Labute approximate surface area is 94.6 Å². The van der Waals surface area contributed by atoms with Crippen LogP contribution in [0.2, 0.25) is 0 Å². The first-order chi connectivity index (χ1) is 7.69. The molecule has 0 bridgehead atoms. The van der Waals surface area contributed by atoms with Gasteiger partial charge in [0.25, 0.3) is 0 Å². The zero-order valence-corrected chi connectivity index (χ0v) is 9.31. The third-order valence-electron chi connectivity index (χ3n) is 2.64. The highest BCUT2D eigenvalue weighted by molar-refractivity contribution is 5.54. The Hall–Kier alpha value is -1.49. The molecule has 0 amide bonds. The number of ether oxygens (including phenoxy) is 1. The normalized spacial score (nSPS) is 23.6. The number of pyridine rings is 1. The smallest absolute Gasteiger partial charge is 0.239 e. The molecule has 0 aliphatic heterocycles. The summed E-state index contributed by atoms with van der Waals surface area (Å²) >= 11 is 0. The summed E-state index contributed by atoms with van der Waals surface area (Å²) in [5.41, 5.74) is 6.26. The third kappa shape index (κ3) is 2.36. The van der Waals surface area contributed by atoms with Gasteiger partial charge in [-0.05, 0) is 31.9 Å². The van der Waals surface area contributed by atoms with Gasteiger partial charge in [-0.3, -0.25) is 0 Å². The molecule has 5 nitrogen and oxygen atoms in total. The Balaban J connectivity index is 2.01. The van der Waals surface area contributed by atoms with Gasteiger partial charge in [-0.25, -0.2) is 0 Å². The Morgan fingerprint density at radius 1 is 1.56 bits per heavy atom. The van der Waals surface area contributed by atoms with Crippen LogP contribution in [0, 0.1) is 0 Å². The number of hydrogen-bond acceptors (Lipinski definition) is 5. The van der Waals surface area contributed by atoms with Crippen LogP contribution >= 0.6 is 0 Å². The molecule has 16 heavy (non-hydrogen) atoms. The molecule has 0 atom stereocenters. The van der Waals surface area contributed by atoms with E-state index in [9.17, 15) is 5.11 Å². The van der Waals surface area contributed by atoms with Gasteiger partial charge in [0, 0.05) is 6.04 Å². The first kappa shape index (κ1) is 11.0. The van der Waals surface area contributed by atoms with E-state index in [0.29, 0.717) is 24.2 Å². The van der Waals surface area contributed by atoms with E-state index in [4.69, 9.17) is 10.5 Å². The number of anilines is 2. The minimum atomic E-state index is -0.169. The standard InChI is InChI=1S/C11H17N3O2/c1-2-16-11-9(12)3-4-10(14-11)13-7-5-8(15)6-7/h3-4,7-8,15H,2,5-6,12H2,1H3,(H,13,14). The molecule has 1 saturated carbocycles. The van der Waals surface area contributed by atoms with Crippen molar-refractivity contribution < 1.29 is 9.84 Å². The summed E-state index contributed by atoms with van der Waals surface area (Å²) in [6.45, 7) is 2.44. The summed E-state index contributed by atoms with van der Waals surface area (Å²) in [7, 11) is 0. The zero-order valence-electron chi connectivity index (χ0n) is 9.31. The van der Waals surface area contributed by atoms with E-state index >= 15 is 0 Å². The molecule has 1 aromatic heterocycles. The molecular formula is C11H17N3O2. The van der Waals surface area contributed by atoms with Crippen molar-refractivity contribution >= 4 is 11.5 Å². The average Bonchev–Trinajstić information content (AvgIpc) is 2.21. The van der Waals surface area contributed by atoms with E-state index in [2.05, 4.69) is 10.3 Å². The molecule has 1 aliphatic carbocycles. The van der Waals surface area contributed by atoms with Crippen LogP contribution in [0.4, 0.5) is 11.5 Å². The number of rotatable bonds is 4. The summed E-state index contributed by atoms with van der Waals surface area (Å²) in [6, 6.07) is 3.90. The number of hydrogen-bond donors (Lipinski definition) is 3. The number of aliphatic hydroxyl groups is 1. The Bertz CT molecular complexity index is 364. The quantitative estimate of drug-likeness (QED) is 0.709. The summed E-state index contributed by atoms with van der Waals surface area (Å²) in [5, 5.41) is 12.4. The second-order valence-electron chi connectivity index (χ2n) is 3.99. The molecule has 0 radical (unpaired) electrons. The molecule has 0 spiro atoms. The SMILES string of the molecule is CCOc1nc(NC2CC(O)C2)ccc1N. The minimum absolute atomic E-state index is 0.169. The molecule has 1 fully saturated rings. The second-order valence-corrected chi connectivity index (χ2v) is 3.99. The highest BCUT2D eigenvalue weighted by Crippen LogP contribution is 2.26. The molecule has 88 valence electrons. The molecule has 1 aromatic rings. The molecule has 4 N–H and O–H groups in total. The molecule has 2 rings (SSSR count). The molecule has 1 heterocycles. The summed E-state index contributed by atoms with van der Waals surface area (Å²) < 4.78 is 5.31. The number of nitrogen functional groups attached to an aromatic ring is 1. The van der Waals surface area contributed by atoms with Crippen LogP contribution < -0.4 is 15.8 Å². The van der Waals surface area contributed by atoms with Crippen molar-refractivity contribution in [2.24, 2.45) is 0 Å². The van der Waals surface area contributed by atoms with Gasteiger partial charge >= 0.3 is 0 Å². The van der Waals surface area contributed by atoms with Crippen LogP contribution in [0.15, 0.2) is 12.1 Å². The van der Waals surface area contributed by atoms with Gasteiger partial charge in [0.15, 0.2) is 0 Å². The van der Waals surface area contributed by atoms with Crippen LogP contribution in [0.5, 0.6) is 5.88 Å². The monoisotopic (exact) mass is 223 g/mol. The van der Waals surface area contributed by atoms with Gasteiger partial charge < -0.3 is 20.9 Å². The summed E-state index contributed by atoms with van der Waals surface area (Å²) in [5.74, 6) is 1.21. The molecule has 0 saturated heterocycles. The first-order valence-electron chi connectivity index (χ1n) is 5.53. The van der Waals surface area contributed by atoms with E-state index in [-0.39, 0.29) is 6.10 Å². The Morgan fingerprint density at radius 3 is 2.94 bits per heavy atom. The van der Waals surface area contributed by atoms with E-state index in [0.717, 1.165) is 18.7 Å². The lowest BCUT2D eigenvalue weighted by atomic mass is 9.89. The van der Waals surface area contributed by atoms with Crippen LogP contribution in [-0.2, 0) is 0 Å². The van der Waals surface area contributed by atoms with E-state index in [1.54, 1.807) is 6.07 Å². The number of nitrogens with two attached hydrogens (primary N) is 1. The molecule has 0 unspecified atom stereocenters. The van der Waals surface area contributed by atoms with Crippen molar-refractivity contribution in [1.29, 1.82) is 0 Å². The van der Waals surface area contributed by atoms with Gasteiger partial charge in [-0.15, -0.1) is 0 Å². The van der Waals surface area contributed by atoms with Crippen molar-refractivity contribution in [3.05, 3.63) is 12.1 Å². The lowest BCUT2D eigenvalue weighted by Gasteiger charge is -2.32. The number of nitrogens with zero attached hydrogens (tertiary/aromatic N) is 1. The van der Waals surface area contributed by atoms with Crippen molar-refractivity contribution in [3.8, 4) is 5.88 Å². The van der Waals surface area contributed by atoms with Crippen LogP contribution in [0.25, 0.3) is 0 Å². The highest BCUT2D eigenvalue weighted by Gasteiger charge is 2.27. The number of aliphatic hydroxyl groups excluding tert-OH is 1. The number of aromatic nitrogens is 1. The van der Waals surface area contributed by atoms with Crippen LogP contribution in [0.1, 0.15) is 19.8 Å². The third-order valence-corrected chi connectivity index (χ3v) is 2.64. The lowest BCUT2D eigenvalue weighted by Crippen LogP contribution is -2.39. The van der Waals surface area contributed by atoms with Crippen molar-refractivity contribution in [3.63, 3.8) is 0 Å². The maximum absolute atomic E-state index is 9.17. The molecule has 1 aliphatic rings. The summed E-state index contributed by atoms with van der Waals surface area (Å²) in [4.78, 5) is 4.27. The first-order valence-corrected chi connectivity index (χ1v) is 5.53. The minimum Gasteiger partial charge on any atom is -0.476 e. The molecule has 0 aromatic carbocycles. The predicted molar refractivity (Wildman–Crippen MR) is 62.5 cm³/mol. The fraction of sp³-hybridized carbons (Fsp3) is 0.545. The van der Waals surface area contributed by atoms with Crippen LogP contribution in [-0.4, -0.2) is 28.8 Å². The van der Waals surface area contributed by atoms with Gasteiger partial charge in [0.05, 0.1) is 18.4 Å². The van der Waals surface area contributed by atoms with Crippen LogP contribution in [0.3, 0.4) is 0 Å². The summed E-state index contributed by atoms with van der Waals surface area (Å²) in [6.07, 6.45) is 1.38. The van der Waals surface area contributed by atoms with E-state index in [1.165, 1.54) is 0 Å². The average molecular weight is 223 g/mol. The van der Waals surface area contributed by atoms with Gasteiger partial charge in [-0.1, -0.05) is 0 Å². The lowest BCUT2D eigenvalue weighted by molar-refractivity contribution is 0.0835.